The van der Waals surface area contributed by atoms with E-state index in [1.54, 1.807) is 6.08 Å². The molecule has 0 spiro atoms. The molecule has 0 aromatic rings. The Morgan fingerprint density at radius 1 is 0.480 bits per heavy atom. The summed E-state index contributed by atoms with van der Waals surface area (Å²) in [6, 6.07) is -0.939. The zero-order chi connectivity index (χ0) is 54.9. The third-order valence-electron chi connectivity index (χ3n) is 12.3. The van der Waals surface area contributed by atoms with Crippen LogP contribution in [0, 0.1) is 0 Å². The van der Waals surface area contributed by atoms with Gasteiger partial charge in [-0.05, 0) is 109 Å². The molecule has 0 fully saturated rings. The van der Waals surface area contributed by atoms with Crippen LogP contribution in [0.1, 0.15) is 213 Å². The fourth-order valence-electron chi connectivity index (χ4n) is 7.67. The number of hydrogen-bond donors (Lipinski definition) is 2. The van der Waals surface area contributed by atoms with Crippen molar-refractivity contribution in [2.24, 2.45) is 0 Å². The molecule has 1 amide bonds. The Morgan fingerprint density at radius 3 is 1.24 bits per heavy atom. The highest BCUT2D eigenvalue weighted by molar-refractivity contribution is 7.45. The van der Waals surface area contributed by atoms with Crippen molar-refractivity contribution in [1.29, 1.82) is 0 Å². The van der Waals surface area contributed by atoms with Crippen LogP contribution in [0.15, 0.2) is 146 Å². The zero-order valence-electron chi connectivity index (χ0n) is 48.4. The summed E-state index contributed by atoms with van der Waals surface area (Å²) in [5.41, 5.74) is 0. The molecule has 75 heavy (non-hydrogen) atoms. The molecule has 3 atom stereocenters. The van der Waals surface area contributed by atoms with Crippen LogP contribution in [0.5, 0.6) is 0 Å². The highest BCUT2D eigenvalue weighted by atomic mass is 31.2. The SMILES string of the molecule is CC/C=C\C/C=C\C/C=C\C/C=C\C/C=C\C/C=C\C/C=C\C/C=C\C/C=C\C/C=C\CCCCC(=O)NC(COP(=O)([O-])OCC[N+](C)(C)C)C(O)/C=C/CC/C=C/CCCCCCCCCCCCCCCC. The van der Waals surface area contributed by atoms with Gasteiger partial charge in [0.25, 0.3) is 7.82 Å². The van der Waals surface area contributed by atoms with Gasteiger partial charge in [0.05, 0.1) is 39.9 Å². The smallest absolute Gasteiger partial charge is 0.268 e. The van der Waals surface area contributed by atoms with Crippen molar-refractivity contribution in [3.8, 4) is 0 Å². The monoisotopic (exact) mass is 1060 g/mol. The number of nitrogens with one attached hydrogen (secondary N) is 1. The predicted molar refractivity (Wildman–Crippen MR) is 325 cm³/mol. The molecule has 3 unspecified atom stereocenters. The summed E-state index contributed by atoms with van der Waals surface area (Å²) in [5.74, 6) is -0.255. The molecule has 0 saturated heterocycles. The minimum atomic E-state index is -4.63. The number of carbonyl (C=O) groups is 1. The molecule has 0 aromatic heterocycles. The van der Waals surface area contributed by atoms with Crippen LogP contribution in [0.2, 0.25) is 0 Å². The number of rotatable bonds is 52. The van der Waals surface area contributed by atoms with Crippen molar-refractivity contribution < 1.29 is 32.9 Å². The lowest BCUT2D eigenvalue weighted by Crippen LogP contribution is -2.45. The third kappa shape index (κ3) is 57.9. The number of amides is 1. The van der Waals surface area contributed by atoms with Gasteiger partial charge < -0.3 is 28.8 Å². The highest BCUT2D eigenvalue weighted by Crippen LogP contribution is 2.38. The van der Waals surface area contributed by atoms with Gasteiger partial charge in [0, 0.05) is 6.42 Å². The number of phosphoric ester groups is 1. The molecular weight excluding hydrogens is 948 g/mol. The summed E-state index contributed by atoms with van der Waals surface area (Å²) in [6.45, 7) is 4.47. The van der Waals surface area contributed by atoms with Crippen molar-refractivity contribution in [3.05, 3.63) is 146 Å². The van der Waals surface area contributed by atoms with E-state index in [1.165, 1.54) is 89.9 Å². The molecule has 0 aromatic carbocycles. The van der Waals surface area contributed by atoms with Crippen LogP contribution in [-0.2, 0) is 18.4 Å². The maximum atomic E-state index is 13.0. The predicted octanol–water partition coefficient (Wildman–Crippen LogP) is 17.8. The average Bonchev–Trinajstić information content (AvgIpc) is 3.37. The molecule has 0 aliphatic heterocycles. The number of unbranched alkanes of at least 4 members (excludes halogenated alkanes) is 17. The van der Waals surface area contributed by atoms with Crippen LogP contribution in [0.25, 0.3) is 0 Å². The molecule has 2 N–H and O–H groups in total. The second-order valence-electron chi connectivity index (χ2n) is 20.6. The summed E-state index contributed by atoms with van der Waals surface area (Å²) in [6.07, 6.45) is 85.0. The van der Waals surface area contributed by atoms with Gasteiger partial charge in [0.1, 0.15) is 13.2 Å². The molecule has 0 aliphatic rings. The first-order valence-electron chi connectivity index (χ1n) is 29.7. The van der Waals surface area contributed by atoms with E-state index in [0.717, 1.165) is 96.3 Å². The Balaban J connectivity index is 4.38. The molecule has 426 valence electrons. The molecule has 0 aliphatic carbocycles. The number of allylic oxidation sites excluding steroid dienone is 23. The Hall–Kier alpha value is -3.62. The first-order chi connectivity index (χ1) is 36.5. The molecular formula is C66H111N2O6P. The van der Waals surface area contributed by atoms with E-state index in [2.05, 4.69) is 153 Å². The first-order valence-corrected chi connectivity index (χ1v) is 31.2. The minimum Gasteiger partial charge on any atom is -0.756 e. The van der Waals surface area contributed by atoms with E-state index < -0.39 is 26.6 Å². The fraction of sp³-hybridized carbons (Fsp3) is 0.621. The number of aliphatic hydroxyl groups excluding tert-OH is 1. The van der Waals surface area contributed by atoms with Gasteiger partial charge in [-0.15, -0.1) is 0 Å². The van der Waals surface area contributed by atoms with Crippen LogP contribution < -0.4 is 10.2 Å². The van der Waals surface area contributed by atoms with Gasteiger partial charge in [0.15, 0.2) is 0 Å². The number of aliphatic hydroxyl groups is 1. The van der Waals surface area contributed by atoms with Crippen molar-refractivity contribution in [2.75, 3.05) is 40.9 Å². The lowest BCUT2D eigenvalue weighted by Gasteiger charge is -2.29. The van der Waals surface area contributed by atoms with Crippen molar-refractivity contribution >= 4 is 13.7 Å². The first kappa shape index (κ1) is 71.4. The molecule has 0 radical (unpaired) electrons. The Labute approximate surface area is 461 Å². The van der Waals surface area contributed by atoms with Gasteiger partial charge in [-0.2, -0.15) is 0 Å². The van der Waals surface area contributed by atoms with Crippen molar-refractivity contribution in [3.63, 3.8) is 0 Å². The Bertz CT molecular complexity index is 1720. The summed E-state index contributed by atoms with van der Waals surface area (Å²) in [7, 11) is 1.19. The second kappa shape index (κ2) is 55.1. The van der Waals surface area contributed by atoms with E-state index in [4.69, 9.17) is 9.05 Å². The summed E-state index contributed by atoms with van der Waals surface area (Å²) < 4.78 is 23.3. The van der Waals surface area contributed by atoms with Gasteiger partial charge in [-0.1, -0.05) is 243 Å². The minimum absolute atomic E-state index is 0.0233. The maximum Gasteiger partial charge on any atom is 0.268 e. The molecule has 0 heterocycles. The standard InChI is InChI=1S/C66H111N2O6P/c1-6-8-10-12-14-16-18-20-22-24-26-28-29-30-31-32-33-34-35-36-37-38-39-40-42-44-46-48-50-52-54-56-58-60-66(70)67-64(63-74-75(71,72)73-62-61-68(3,4)5)65(69)59-57-55-53-51-49-47-45-43-41-27-25-23-21-19-17-15-13-11-9-7-2/h8,10,14,16,20,22,26,28,30-31,33-34,36-37,39-40,44,46,49-52,57,59,64-65,69H,6-7,9,11-13,15,17-19,21,23-25,27,29,32,35,38,41-43,45,47-48,53-56,58,60-63H2,1-5H3,(H-,67,70,71,72)/b10-8-,16-14-,22-20-,28-26-,31-30-,34-33-,37-36-,40-39-,46-44-,51-49+,52-50-,59-57+. The maximum absolute atomic E-state index is 13.0. The van der Waals surface area contributed by atoms with Gasteiger partial charge in [-0.25, -0.2) is 0 Å². The van der Waals surface area contributed by atoms with Gasteiger partial charge in [-0.3, -0.25) is 9.36 Å². The molecule has 0 saturated carbocycles. The average molecular weight is 1060 g/mol. The zero-order valence-corrected chi connectivity index (χ0v) is 49.3. The van der Waals surface area contributed by atoms with E-state index in [-0.39, 0.29) is 18.9 Å². The van der Waals surface area contributed by atoms with Crippen LogP contribution in [-0.4, -0.2) is 68.5 Å². The van der Waals surface area contributed by atoms with E-state index in [9.17, 15) is 19.4 Å². The third-order valence-corrected chi connectivity index (χ3v) is 13.2. The summed E-state index contributed by atoms with van der Waals surface area (Å²) >= 11 is 0. The second-order valence-corrected chi connectivity index (χ2v) is 22.0. The van der Waals surface area contributed by atoms with Crippen molar-refractivity contribution in [1.82, 2.24) is 5.32 Å². The van der Waals surface area contributed by atoms with Crippen LogP contribution >= 0.6 is 7.82 Å². The normalized spacial score (nSPS) is 14.9. The molecule has 0 rings (SSSR count). The molecule has 8 nitrogen and oxygen atoms in total. The highest BCUT2D eigenvalue weighted by Gasteiger charge is 2.23. The van der Waals surface area contributed by atoms with Crippen LogP contribution in [0.4, 0.5) is 0 Å². The fourth-order valence-corrected chi connectivity index (χ4v) is 8.39. The number of quaternary nitrogens is 1. The Kier molecular flexibility index (Phi) is 52.5. The van der Waals surface area contributed by atoms with E-state index >= 15 is 0 Å². The lowest BCUT2D eigenvalue weighted by molar-refractivity contribution is -0.870. The number of hydrogen-bond acceptors (Lipinski definition) is 6. The van der Waals surface area contributed by atoms with Gasteiger partial charge in [0.2, 0.25) is 5.91 Å². The summed E-state index contributed by atoms with van der Waals surface area (Å²) in [4.78, 5) is 25.5. The topological polar surface area (TPSA) is 108 Å². The lowest BCUT2D eigenvalue weighted by atomic mass is 10.0. The van der Waals surface area contributed by atoms with Gasteiger partial charge >= 0.3 is 0 Å². The molecule has 9 heteroatoms. The quantitative estimate of drug-likeness (QED) is 0.0272. The number of likely N-dealkylation sites (N-methyl/N-ethyl adjacent to an activating group) is 1. The number of nitrogens with zero attached hydrogens (tertiary/aromatic N) is 1. The van der Waals surface area contributed by atoms with E-state index in [0.29, 0.717) is 17.4 Å². The molecule has 0 bridgehead atoms. The van der Waals surface area contributed by atoms with Crippen molar-refractivity contribution in [2.45, 2.75) is 225 Å². The number of phosphoric acid groups is 1. The largest absolute Gasteiger partial charge is 0.756 e. The van der Waals surface area contributed by atoms with E-state index in [1.807, 2.05) is 27.2 Å². The Morgan fingerprint density at radius 2 is 0.827 bits per heavy atom. The summed E-state index contributed by atoms with van der Waals surface area (Å²) in [5, 5.41) is 13.8. The number of carbonyl (C=O) groups excluding carboxylic acids is 1. The van der Waals surface area contributed by atoms with Crippen LogP contribution in [0.3, 0.4) is 0 Å².